The molecule has 1 aromatic carbocycles. The van der Waals surface area contributed by atoms with E-state index < -0.39 is 0 Å². The summed E-state index contributed by atoms with van der Waals surface area (Å²) in [5, 5.41) is 8.87. The summed E-state index contributed by atoms with van der Waals surface area (Å²) >= 11 is 1.43. The molecule has 7 heteroatoms. The monoisotopic (exact) mass is 452 g/mol. The van der Waals surface area contributed by atoms with Crippen LogP contribution < -0.4 is 10.6 Å². The Morgan fingerprint density at radius 2 is 1.94 bits per heavy atom. The molecule has 2 aliphatic rings. The molecule has 1 saturated heterocycles. The van der Waals surface area contributed by atoms with Crippen molar-refractivity contribution < 1.29 is 9.59 Å². The second-order valence-electron chi connectivity index (χ2n) is 8.74. The normalized spacial score (nSPS) is 17.0. The zero-order valence-electron chi connectivity index (χ0n) is 18.7. The number of likely N-dealkylation sites (tertiary alicyclic amines) is 1. The summed E-state index contributed by atoms with van der Waals surface area (Å²) in [5.41, 5.74) is 4.10. The number of anilines is 2. The third kappa shape index (κ3) is 5.97. The van der Waals surface area contributed by atoms with E-state index in [1.807, 2.05) is 36.1 Å². The predicted octanol–water partition coefficient (Wildman–Crippen LogP) is 5.05. The van der Waals surface area contributed by atoms with Crippen molar-refractivity contribution in [2.75, 3.05) is 25.0 Å². The Kier molecular flexibility index (Phi) is 7.58. The number of allylic oxidation sites excluding steroid dienone is 1. The Bertz CT molecular complexity index is 959. The lowest BCUT2D eigenvalue weighted by molar-refractivity contribution is -0.126. The lowest BCUT2D eigenvalue weighted by atomic mass is 9.95. The molecule has 4 rings (SSSR count). The van der Waals surface area contributed by atoms with Crippen molar-refractivity contribution in [3.05, 3.63) is 52.6 Å². The van der Waals surface area contributed by atoms with Crippen LogP contribution in [0.3, 0.4) is 0 Å². The van der Waals surface area contributed by atoms with Crippen molar-refractivity contribution in [2.45, 2.75) is 51.9 Å². The number of rotatable bonds is 7. The number of amides is 2. The van der Waals surface area contributed by atoms with Gasteiger partial charge in [-0.15, -0.1) is 11.3 Å². The number of nitrogens with one attached hydrogen (secondary N) is 2. The third-order valence-electron chi connectivity index (χ3n) is 6.31. The number of nitrogens with zero attached hydrogens (tertiary/aromatic N) is 2. The Morgan fingerprint density at radius 3 is 2.66 bits per heavy atom. The van der Waals surface area contributed by atoms with Gasteiger partial charge in [0.2, 0.25) is 5.91 Å². The van der Waals surface area contributed by atoms with Gasteiger partial charge in [0.15, 0.2) is 5.13 Å². The van der Waals surface area contributed by atoms with E-state index in [2.05, 4.69) is 21.7 Å². The largest absolute Gasteiger partial charge is 0.356 e. The molecule has 1 aromatic heterocycles. The van der Waals surface area contributed by atoms with Crippen molar-refractivity contribution in [1.29, 1.82) is 0 Å². The summed E-state index contributed by atoms with van der Waals surface area (Å²) < 4.78 is 0. The fraction of sp³-hybridized carbons (Fsp3) is 0.480. The van der Waals surface area contributed by atoms with Crippen molar-refractivity contribution in [3.8, 4) is 0 Å². The number of carbonyl (C=O) groups excluding carboxylic acids is 2. The highest BCUT2D eigenvalue weighted by Crippen LogP contribution is 2.24. The maximum absolute atomic E-state index is 12.9. The number of hydrogen-bond donors (Lipinski definition) is 2. The summed E-state index contributed by atoms with van der Waals surface area (Å²) in [6, 6.07) is 8.07. The second-order valence-corrected chi connectivity index (χ2v) is 9.60. The SMILES string of the molecule is Cc1ccc(Nc2nc(C(=O)N3CCC(C(=O)NCCC4=CCCCC4)CC3)cs2)cc1. The van der Waals surface area contributed by atoms with Crippen LogP contribution >= 0.6 is 11.3 Å². The molecule has 6 nitrogen and oxygen atoms in total. The van der Waals surface area contributed by atoms with E-state index in [4.69, 9.17) is 0 Å². The van der Waals surface area contributed by atoms with Crippen LogP contribution in [0.1, 0.15) is 61.0 Å². The average molecular weight is 453 g/mol. The molecular formula is C25H32N4O2S. The van der Waals surface area contributed by atoms with Gasteiger partial charge in [-0.05, 0) is 64.0 Å². The molecule has 0 radical (unpaired) electrons. The summed E-state index contributed by atoms with van der Waals surface area (Å²) in [6.07, 6.45) is 9.63. The van der Waals surface area contributed by atoms with Crippen LogP contribution in [-0.2, 0) is 4.79 Å². The zero-order valence-corrected chi connectivity index (χ0v) is 19.5. The van der Waals surface area contributed by atoms with E-state index in [0.717, 1.165) is 18.7 Å². The van der Waals surface area contributed by atoms with Crippen LogP contribution in [0.5, 0.6) is 0 Å². The van der Waals surface area contributed by atoms with E-state index in [1.165, 1.54) is 48.2 Å². The van der Waals surface area contributed by atoms with E-state index in [-0.39, 0.29) is 17.7 Å². The first-order valence-electron chi connectivity index (χ1n) is 11.6. The van der Waals surface area contributed by atoms with Gasteiger partial charge in [-0.25, -0.2) is 4.98 Å². The Labute approximate surface area is 194 Å². The number of hydrogen-bond acceptors (Lipinski definition) is 5. The van der Waals surface area contributed by atoms with E-state index >= 15 is 0 Å². The molecule has 2 aromatic rings. The first-order valence-corrected chi connectivity index (χ1v) is 12.5. The Balaban J connectivity index is 1.22. The fourth-order valence-electron chi connectivity index (χ4n) is 4.32. The second kappa shape index (κ2) is 10.8. The van der Waals surface area contributed by atoms with Crippen molar-refractivity contribution in [2.24, 2.45) is 5.92 Å². The number of piperidine rings is 1. The van der Waals surface area contributed by atoms with Gasteiger partial charge in [0.1, 0.15) is 5.69 Å². The lowest BCUT2D eigenvalue weighted by Crippen LogP contribution is -2.43. The van der Waals surface area contributed by atoms with Crippen LogP contribution in [-0.4, -0.2) is 41.3 Å². The molecule has 1 fully saturated rings. The third-order valence-corrected chi connectivity index (χ3v) is 7.07. The molecule has 170 valence electrons. The van der Waals surface area contributed by atoms with Gasteiger partial charge in [0, 0.05) is 36.6 Å². The first-order chi connectivity index (χ1) is 15.6. The van der Waals surface area contributed by atoms with Crippen LogP contribution in [0.2, 0.25) is 0 Å². The number of aryl methyl sites for hydroxylation is 1. The highest BCUT2D eigenvalue weighted by molar-refractivity contribution is 7.14. The van der Waals surface area contributed by atoms with Gasteiger partial charge in [-0.3, -0.25) is 9.59 Å². The van der Waals surface area contributed by atoms with Gasteiger partial charge in [-0.1, -0.05) is 29.3 Å². The molecule has 0 saturated carbocycles. The number of thiazole rings is 1. The average Bonchev–Trinajstić information content (AvgIpc) is 3.29. The van der Waals surface area contributed by atoms with Gasteiger partial charge in [0.25, 0.3) is 5.91 Å². The van der Waals surface area contributed by atoms with E-state index in [9.17, 15) is 9.59 Å². The summed E-state index contributed by atoms with van der Waals surface area (Å²) in [7, 11) is 0. The molecule has 2 N–H and O–H groups in total. The molecule has 0 unspecified atom stereocenters. The maximum Gasteiger partial charge on any atom is 0.273 e. The molecular weight excluding hydrogens is 420 g/mol. The smallest absolute Gasteiger partial charge is 0.273 e. The van der Waals surface area contributed by atoms with Gasteiger partial charge in [-0.2, -0.15) is 0 Å². The molecule has 0 spiro atoms. The predicted molar refractivity (Wildman–Crippen MR) is 129 cm³/mol. The minimum absolute atomic E-state index is 0.00594. The summed E-state index contributed by atoms with van der Waals surface area (Å²) in [4.78, 5) is 31.7. The summed E-state index contributed by atoms with van der Waals surface area (Å²) in [5.74, 6) is 0.0710. The number of carbonyl (C=O) groups is 2. The van der Waals surface area contributed by atoms with Crippen molar-refractivity contribution in [1.82, 2.24) is 15.2 Å². The number of aromatic nitrogens is 1. The van der Waals surface area contributed by atoms with Gasteiger partial charge < -0.3 is 15.5 Å². The van der Waals surface area contributed by atoms with Gasteiger partial charge in [0.05, 0.1) is 0 Å². The minimum Gasteiger partial charge on any atom is -0.356 e. The molecule has 0 atom stereocenters. The molecule has 2 amide bonds. The standard InChI is InChI=1S/C25H32N4O2S/c1-18-7-9-21(10-8-18)27-25-28-22(17-32-25)24(31)29-15-12-20(13-16-29)23(30)26-14-11-19-5-3-2-4-6-19/h5,7-10,17,20H,2-4,6,11-16H2,1H3,(H,26,30)(H,27,28). The highest BCUT2D eigenvalue weighted by Gasteiger charge is 2.28. The van der Waals surface area contributed by atoms with Crippen molar-refractivity contribution >= 4 is 34.0 Å². The molecule has 1 aliphatic heterocycles. The molecule has 1 aliphatic carbocycles. The molecule has 0 bridgehead atoms. The van der Waals surface area contributed by atoms with Crippen LogP contribution in [0.15, 0.2) is 41.3 Å². The topological polar surface area (TPSA) is 74.3 Å². The van der Waals surface area contributed by atoms with Crippen LogP contribution in [0, 0.1) is 12.8 Å². The van der Waals surface area contributed by atoms with E-state index in [1.54, 1.807) is 5.38 Å². The van der Waals surface area contributed by atoms with Crippen molar-refractivity contribution in [3.63, 3.8) is 0 Å². The molecule has 2 heterocycles. The van der Waals surface area contributed by atoms with Crippen LogP contribution in [0.4, 0.5) is 10.8 Å². The summed E-state index contributed by atoms with van der Waals surface area (Å²) in [6.45, 7) is 3.96. The molecule has 32 heavy (non-hydrogen) atoms. The number of benzene rings is 1. The maximum atomic E-state index is 12.9. The Hall–Kier alpha value is -2.67. The quantitative estimate of drug-likeness (QED) is 0.576. The fourth-order valence-corrected chi connectivity index (χ4v) is 5.02. The minimum atomic E-state index is -0.0544. The lowest BCUT2D eigenvalue weighted by Gasteiger charge is -2.31. The van der Waals surface area contributed by atoms with Gasteiger partial charge >= 0.3 is 0 Å². The van der Waals surface area contributed by atoms with E-state index in [0.29, 0.717) is 36.8 Å². The first kappa shape index (κ1) is 22.5. The highest BCUT2D eigenvalue weighted by atomic mass is 32.1. The Morgan fingerprint density at radius 1 is 1.16 bits per heavy atom. The van der Waals surface area contributed by atoms with Crippen LogP contribution in [0.25, 0.3) is 0 Å². The zero-order chi connectivity index (χ0) is 22.3.